The number of anilines is 1. The van der Waals surface area contributed by atoms with Crippen molar-refractivity contribution < 1.29 is 4.79 Å². The first-order valence-corrected chi connectivity index (χ1v) is 5.36. The van der Waals surface area contributed by atoms with Gasteiger partial charge in [0.05, 0.1) is 5.69 Å². The number of nitrogens with one attached hydrogen (secondary N) is 1. The maximum absolute atomic E-state index is 11.8. The van der Waals surface area contributed by atoms with Gasteiger partial charge in [-0.1, -0.05) is 0 Å². The maximum atomic E-state index is 11.8. The lowest BCUT2D eigenvalue weighted by molar-refractivity contribution is -0.116. The number of aryl methyl sites for hydroxylation is 2. The van der Waals surface area contributed by atoms with Crippen LogP contribution >= 0.6 is 0 Å². The lowest BCUT2D eigenvalue weighted by Gasteiger charge is -2.06. The van der Waals surface area contributed by atoms with Crippen LogP contribution < -0.4 is 5.32 Å². The van der Waals surface area contributed by atoms with E-state index in [1.807, 2.05) is 19.9 Å². The highest BCUT2D eigenvalue weighted by molar-refractivity contribution is 5.90. The lowest BCUT2D eigenvalue weighted by Crippen LogP contribution is -2.20. The molecule has 5 heteroatoms. The zero-order valence-electron chi connectivity index (χ0n) is 9.84. The minimum absolute atomic E-state index is 0.0950. The Kier molecular flexibility index (Phi) is 3.18. The fourth-order valence-electron chi connectivity index (χ4n) is 1.61. The number of hydrogen-bond donors (Lipinski definition) is 1. The van der Waals surface area contributed by atoms with Crippen LogP contribution in [-0.4, -0.2) is 20.7 Å². The van der Waals surface area contributed by atoms with Crippen molar-refractivity contribution >= 4 is 11.6 Å². The van der Waals surface area contributed by atoms with Gasteiger partial charge in [0.1, 0.15) is 6.54 Å². The second-order valence-electron chi connectivity index (χ2n) is 3.87. The summed E-state index contributed by atoms with van der Waals surface area (Å²) in [5.41, 5.74) is 2.64. The van der Waals surface area contributed by atoms with Crippen LogP contribution in [0.4, 0.5) is 5.69 Å². The molecular weight excluding hydrogens is 216 g/mol. The molecule has 0 spiro atoms. The van der Waals surface area contributed by atoms with E-state index in [1.165, 1.54) is 0 Å². The van der Waals surface area contributed by atoms with Gasteiger partial charge >= 0.3 is 0 Å². The molecule has 2 heterocycles. The summed E-state index contributed by atoms with van der Waals surface area (Å²) >= 11 is 0. The van der Waals surface area contributed by atoms with E-state index in [-0.39, 0.29) is 12.5 Å². The van der Waals surface area contributed by atoms with E-state index in [0.29, 0.717) is 0 Å². The molecular formula is C12H14N4O. The largest absolute Gasteiger partial charge is 0.324 e. The Hall–Kier alpha value is -2.17. The molecule has 5 nitrogen and oxygen atoms in total. The molecule has 0 unspecified atom stereocenters. The minimum atomic E-state index is -0.0950. The van der Waals surface area contributed by atoms with Crippen molar-refractivity contribution in [3.8, 4) is 0 Å². The lowest BCUT2D eigenvalue weighted by atomic mass is 10.4. The van der Waals surface area contributed by atoms with Gasteiger partial charge in [-0.3, -0.25) is 14.5 Å². The van der Waals surface area contributed by atoms with Crippen molar-refractivity contribution in [3.63, 3.8) is 0 Å². The molecule has 0 aliphatic heterocycles. The summed E-state index contributed by atoms with van der Waals surface area (Å²) in [7, 11) is 0. The topological polar surface area (TPSA) is 59.8 Å². The third-order valence-electron chi connectivity index (χ3n) is 2.36. The normalized spacial score (nSPS) is 10.2. The highest BCUT2D eigenvalue weighted by Crippen LogP contribution is 2.05. The van der Waals surface area contributed by atoms with Gasteiger partial charge in [-0.2, -0.15) is 5.10 Å². The predicted molar refractivity (Wildman–Crippen MR) is 64.6 cm³/mol. The number of carbonyl (C=O) groups is 1. The van der Waals surface area contributed by atoms with Gasteiger partial charge in [-0.15, -0.1) is 0 Å². The van der Waals surface area contributed by atoms with Gasteiger partial charge in [-0.25, -0.2) is 0 Å². The van der Waals surface area contributed by atoms with Crippen LogP contribution in [0.3, 0.4) is 0 Å². The zero-order chi connectivity index (χ0) is 12.3. The summed E-state index contributed by atoms with van der Waals surface area (Å²) in [6.07, 6.45) is 3.28. The average molecular weight is 230 g/mol. The van der Waals surface area contributed by atoms with E-state index in [9.17, 15) is 4.79 Å². The molecule has 1 N–H and O–H groups in total. The van der Waals surface area contributed by atoms with Gasteiger partial charge in [0.15, 0.2) is 0 Å². The third-order valence-corrected chi connectivity index (χ3v) is 2.36. The Morgan fingerprint density at radius 1 is 1.35 bits per heavy atom. The molecule has 2 rings (SSSR count). The van der Waals surface area contributed by atoms with Crippen molar-refractivity contribution in [1.29, 1.82) is 0 Å². The Labute approximate surface area is 99.5 Å². The third kappa shape index (κ3) is 2.90. The number of carbonyl (C=O) groups excluding carboxylic acids is 1. The fraction of sp³-hybridized carbons (Fsp3) is 0.250. The first kappa shape index (κ1) is 11.3. The van der Waals surface area contributed by atoms with Gasteiger partial charge in [-0.05, 0) is 32.0 Å². The second-order valence-corrected chi connectivity index (χ2v) is 3.87. The molecule has 0 aliphatic carbocycles. The summed E-state index contributed by atoms with van der Waals surface area (Å²) < 4.78 is 1.69. The minimum Gasteiger partial charge on any atom is -0.324 e. The summed E-state index contributed by atoms with van der Waals surface area (Å²) in [6, 6.07) is 5.44. The first-order chi connectivity index (χ1) is 8.15. The smallest absolute Gasteiger partial charge is 0.246 e. The number of rotatable bonds is 3. The highest BCUT2D eigenvalue weighted by atomic mass is 16.2. The van der Waals surface area contributed by atoms with Gasteiger partial charge in [0.25, 0.3) is 0 Å². The Morgan fingerprint density at radius 3 is 2.65 bits per heavy atom. The van der Waals surface area contributed by atoms with Crippen LogP contribution in [0.2, 0.25) is 0 Å². The van der Waals surface area contributed by atoms with E-state index < -0.39 is 0 Å². The summed E-state index contributed by atoms with van der Waals surface area (Å²) in [4.78, 5) is 15.6. The van der Waals surface area contributed by atoms with E-state index in [1.54, 1.807) is 29.2 Å². The first-order valence-electron chi connectivity index (χ1n) is 5.36. The standard InChI is InChI=1S/C12H14N4O/c1-9-7-10(2)16(15-9)8-12(17)14-11-3-5-13-6-4-11/h3-7H,8H2,1-2H3,(H,13,14,17). The van der Waals surface area contributed by atoms with Crippen molar-refractivity contribution in [2.45, 2.75) is 20.4 Å². The quantitative estimate of drug-likeness (QED) is 0.870. The van der Waals surface area contributed by atoms with Gasteiger partial charge in [0.2, 0.25) is 5.91 Å². The van der Waals surface area contributed by atoms with E-state index in [2.05, 4.69) is 15.4 Å². The molecule has 2 aromatic heterocycles. The molecule has 0 atom stereocenters. The molecule has 1 amide bonds. The van der Waals surface area contributed by atoms with Gasteiger partial charge < -0.3 is 5.32 Å². The van der Waals surface area contributed by atoms with Crippen LogP contribution in [0, 0.1) is 13.8 Å². The molecule has 0 saturated carbocycles. The number of nitrogens with zero attached hydrogens (tertiary/aromatic N) is 3. The molecule has 0 bridgehead atoms. The van der Waals surface area contributed by atoms with E-state index in [0.717, 1.165) is 17.1 Å². The number of aromatic nitrogens is 3. The van der Waals surface area contributed by atoms with Crippen molar-refractivity contribution in [1.82, 2.24) is 14.8 Å². The summed E-state index contributed by atoms with van der Waals surface area (Å²) in [6.45, 7) is 4.06. The van der Waals surface area contributed by atoms with Crippen molar-refractivity contribution in [2.75, 3.05) is 5.32 Å². The predicted octanol–water partition coefficient (Wildman–Crippen LogP) is 1.53. The molecule has 88 valence electrons. The number of pyridine rings is 1. The second kappa shape index (κ2) is 4.78. The fourth-order valence-corrected chi connectivity index (χ4v) is 1.61. The molecule has 2 aromatic rings. The van der Waals surface area contributed by atoms with E-state index >= 15 is 0 Å². The molecule has 0 radical (unpaired) electrons. The molecule has 0 fully saturated rings. The molecule has 0 aliphatic rings. The molecule has 0 aromatic carbocycles. The Balaban J connectivity index is 2.01. The van der Waals surface area contributed by atoms with Crippen molar-refractivity contribution in [2.24, 2.45) is 0 Å². The molecule has 0 saturated heterocycles. The molecule has 17 heavy (non-hydrogen) atoms. The SMILES string of the molecule is Cc1cc(C)n(CC(=O)Nc2ccncc2)n1. The van der Waals surface area contributed by atoms with Crippen molar-refractivity contribution in [3.05, 3.63) is 42.0 Å². The Bertz CT molecular complexity index is 519. The van der Waals surface area contributed by atoms with Crippen LogP contribution in [0.1, 0.15) is 11.4 Å². The van der Waals surface area contributed by atoms with E-state index in [4.69, 9.17) is 0 Å². The summed E-state index contributed by atoms with van der Waals surface area (Å²) in [5, 5.41) is 7.02. The van der Waals surface area contributed by atoms with Crippen LogP contribution in [0.25, 0.3) is 0 Å². The summed E-state index contributed by atoms with van der Waals surface area (Å²) in [5.74, 6) is -0.0950. The monoisotopic (exact) mass is 230 g/mol. The maximum Gasteiger partial charge on any atom is 0.246 e. The van der Waals surface area contributed by atoms with Crippen LogP contribution in [-0.2, 0) is 11.3 Å². The van der Waals surface area contributed by atoms with Crippen LogP contribution in [0.5, 0.6) is 0 Å². The number of hydrogen-bond acceptors (Lipinski definition) is 3. The highest BCUT2D eigenvalue weighted by Gasteiger charge is 2.06. The Morgan fingerprint density at radius 2 is 2.06 bits per heavy atom. The average Bonchev–Trinajstić information content (AvgIpc) is 2.58. The number of amides is 1. The van der Waals surface area contributed by atoms with Gasteiger partial charge in [0, 0.05) is 23.8 Å². The zero-order valence-corrected chi connectivity index (χ0v) is 9.84. The van der Waals surface area contributed by atoms with Crippen LogP contribution in [0.15, 0.2) is 30.6 Å².